The minimum atomic E-state index is -2.17. The first-order valence-corrected chi connectivity index (χ1v) is 11.4. The quantitative estimate of drug-likeness (QED) is 0.300. The van der Waals surface area contributed by atoms with Crippen LogP contribution in [0.25, 0.3) is 0 Å². The fourth-order valence-electron chi connectivity index (χ4n) is 5.10. The van der Waals surface area contributed by atoms with Crippen molar-refractivity contribution in [3.8, 4) is 0 Å². The Morgan fingerprint density at radius 2 is 1.39 bits per heavy atom. The Kier molecular flexibility index (Phi) is 4.42. The minimum Gasteiger partial charge on any atom is -0.336 e. The van der Waals surface area contributed by atoms with Gasteiger partial charge in [0.05, 0.1) is 18.9 Å². The number of anilines is 4. The molecule has 4 heteroatoms. The van der Waals surface area contributed by atoms with Crippen molar-refractivity contribution >= 4 is 35.3 Å². The Morgan fingerprint density at radius 3 is 2.09 bits per heavy atom. The lowest BCUT2D eigenvalue weighted by molar-refractivity contribution is -0.658. The summed E-state index contributed by atoms with van der Waals surface area (Å²) in [6.45, 7) is 6.06. The molecule has 0 N–H and O–H groups in total. The molecule has 0 unspecified atom stereocenters. The van der Waals surface area contributed by atoms with Crippen LogP contribution >= 0.6 is 0 Å². The van der Waals surface area contributed by atoms with E-state index in [4.69, 9.17) is 4.11 Å². The van der Waals surface area contributed by atoms with Crippen LogP contribution in [-0.2, 0) is 7.05 Å². The van der Waals surface area contributed by atoms with Gasteiger partial charge in [-0.05, 0) is 80.6 Å². The number of para-hydroxylation sites is 2. The van der Waals surface area contributed by atoms with Crippen molar-refractivity contribution in [1.82, 2.24) is 0 Å². The van der Waals surface area contributed by atoms with Crippen molar-refractivity contribution in [3.63, 3.8) is 0 Å². The zero-order chi connectivity index (χ0) is 25.8. The van der Waals surface area contributed by atoms with Crippen LogP contribution in [0.1, 0.15) is 31.9 Å². The van der Waals surface area contributed by atoms with Gasteiger partial charge in [0, 0.05) is 21.3 Å². The molecule has 0 bridgehead atoms. The smallest absolute Gasteiger partial charge is 0.336 e. The number of aromatic nitrogens is 1. The summed E-state index contributed by atoms with van der Waals surface area (Å²) in [6.07, 6.45) is 1.77. The second-order valence-electron chi connectivity index (χ2n) is 9.04. The average molecular weight is 435 g/mol. The highest BCUT2D eigenvalue weighted by molar-refractivity contribution is 6.85. The highest BCUT2D eigenvalue weighted by Crippen LogP contribution is 2.47. The Bertz CT molecular complexity index is 1430. The van der Waals surface area contributed by atoms with E-state index in [1.807, 2.05) is 30.7 Å². The Balaban J connectivity index is 1.85. The summed E-state index contributed by atoms with van der Waals surface area (Å²) >= 11 is 0. The van der Waals surface area contributed by atoms with Gasteiger partial charge in [0.25, 0.3) is 5.82 Å². The van der Waals surface area contributed by atoms with Crippen LogP contribution in [0, 0.1) is 34.5 Å². The van der Waals surface area contributed by atoms with E-state index in [0.717, 1.165) is 28.4 Å². The van der Waals surface area contributed by atoms with Gasteiger partial charge in [0.15, 0.2) is 0 Å². The zero-order valence-corrected chi connectivity index (χ0v) is 19.9. The van der Waals surface area contributed by atoms with Crippen LogP contribution < -0.4 is 19.7 Å². The van der Waals surface area contributed by atoms with Gasteiger partial charge in [-0.15, -0.1) is 0 Å². The maximum absolute atomic E-state index is 8.01. The van der Waals surface area contributed by atoms with E-state index in [-0.39, 0.29) is 6.98 Å². The molecule has 0 spiro atoms. The molecule has 0 atom stereocenters. The maximum atomic E-state index is 8.01. The first-order chi connectivity index (χ1) is 17.1. The number of benzene rings is 3. The standard InChI is InChI=1S/C29H31BN3/c1-20-12-10-13-21(2)28(20)30-32(25-15-8-7-9-16-25)26-17-11-14-22(3)29(26)33(30)27-18-23(4)24(5)19-31(27)6/h7-19H,1-6H3/q+1/i5D3. The number of nitrogens with zero attached hydrogens (tertiary/aromatic N) is 3. The third-order valence-corrected chi connectivity index (χ3v) is 6.74. The van der Waals surface area contributed by atoms with Crippen LogP contribution in [0.15, 0.2) is 79.0 Å². The topological polar surface area (TPSA) is 10.4 Å². The molecule has 0 radical (unpaired) electrons. The normalized spacial score (nSPS) is 14.7. The predicted octanol–water partition coefficient (Wildman–Crippen LogP) is 5.74. The number of rotatable bonds is 3. The Hall–Kier alpha value is -3.53. The van der Waals surface area contributed by atoms with Gasteiger partial charge in [-0.1, -0.05) is 48.5 Å². The van der Waals surface area contributed by atoms with Crippen molar-refractivity contribution in [2.75, 3.05) is 9.62 Å². The zero-order valence-electron chi connectivity index (χ0n) is 22.9. The summed E-state index contributed by atoms with van der Waals surface area (Å²) < 4.78 is 26.0. The van der Waals surface area contributed by atoms with Gasteiger partial charge in [-0.25, -0.2) is 4.57 Å². The number of hydrogen-bond donors (Lipinski definition) is 0. The van der Waals surface area contributed by atoms with Crippen LogP contribution in [0.5, 0.6) is 0 Å². The molecular weight excluding hydrogens is 401 g/mol. The van der Waals surface area contributed by atoms with E-state index in [1.165, 1.54) is 22.2 Å². The number of pyridine rings is 1. The Labute approximate surface area is 202 Å². The van der Waals surface area contributed by atoms with E-state index in [0.29, 0.717) is 5.56 Å². The molecule has 0 aliphatic carbocycles. The lowest BCUT2D eigenvalue weighted by Crippen LogP contribution is -2.57. The fraction of sp³-hybridized carbons (Fsp3) is 0.207. The molecule has 33 heavy (non-hydrogen) atoms. The van der Waals surface area contributed by atoms with Crippen molar-refractivity contribution in [3.05, 3.63) is 107 Å². The van der Waals surface area contributed by atoms with Crippen LogP contribution in [0.4, 0.5) is 22.9 Å². The van der Waals surface area contributed by atoms with E-state index in [2.05, 4.69) is 91.1 Å². The van der Waals surface area contributed by atoms with Crippen LogP contribution in [0.3, 0.4) is 0 Å². The molecule has 1 aliphatic heterocycles. The number of aryl methyl sites for hydroxylation is 6. The molecule has 164 valence electrons. The fourth-order valence-corrected chi connectivity index (χ4v) is 5.10. The molecule has 5 rings (SSSR count). The lowest BCUT2D eigenvalue weighted by Gasteiger charge is -2.27. The van der Waals surface area contributed by atoms with Gasteiger partial charge in [0.1, 0.15) is 5.69 Å². The maximum Gasteiger partial charge on any atom is 0.542 e. The van der Waals surface area contributed by atoms with Crippen LogP contribution in [-0.4, -0.2) is 6.98 Å². The third-order valence-electron chi connectivity index (χ3n) is 6.74. The molecule has 3 nitrogen and oxygen atoms in total. The van der Waals surface area contributed by atoms with Gasteiger partial charge in [-0.2, -0.15) is 0 Å². The first kappa shape index (κ1) is 18.0. The molecule has 2 heterocycles. The molecule has 0 saturated carbocycles. The summed E-state index contributed by atoms with van der Waals surface area (Å²) in [4.78, 5) is 4.79. The van der Waals surface area contributed by atoms with E-state index >= 15 is 0 Å². The average Bonchev–Trinajstić information content (AvgIpc) is 3.16. The molecule has 0 fully saturated rings. The molecule has 4 aromatic rings. The van der Waals surface area contributed by atoms with Crippen LogP contribution in [0.2, 0.25) is 0 Å². The Morgan fingerprint density at radius 1 is 0.727 bits per heavy atom. The van der Waals surface area contributed by atoms with Gasteiger partial charge < -0.3 is 4.81 Å². The van der Waals surface area contributed by atoms with Gasteiger partial charge in [-0.3, -0.25) is 4.81 Å². The molecule has 3 aromatic carbocycles. The van der Waals surface area contributed by atoms with E-state index in [1.54, 1.807) is 6.20 Å². The van der Waals surface area contributed by atoms with E-state index in [9.17, 15) is 0 Å². The van der Waals surface area contributed by atoms with Gasteiger partial charge in [0.2, 0.25) is 0 Å². The monoisotopic (exact) mass is 435 g/mol. The van der Waals surface area contributed by atoms with E-state index < -0.39 is 6.85 Å². The molecule has 1 aromatic heterocycles. The summed E-state index contributed by atoms with van der Waals surface area (Å²) in [5.41, 5.74) is 9.35. The second-order valence-corrected chi connectivity index (χ2v) is 9.04. The summed E-state index contributed by atoms with van der Waals surface area (Å²) in [7, 11) is 1.94. The molecular formula is C29H31BN3+. The van der Waals surface area contributed by atoms with Crippen molar-refractivity contribution in [2.24, 2.45) is 7.05 Å². The molecule has 0 saturated heterocycles. The van der Waals surface area contributed by atoms with Crippen molar-refractivity contribution in [2.45, 2.75) is 34.5 Å². The van der Waals surface area contributed by atoms with Crippen molar-refractivity contribution in [1.29, 1.82) is 0 Å². The minimum absolute atomic E-state index is 0.145. The number of fused-ring (bicyclic) bond motifs is 1. The molecule has 0 amide bonds. The molecule has 1 aliphatic rings. The third kappa shape index (κ3) is 3.41. The van der Waals surface area contributed by atoms with Crippen molar-refractivity contribution < 1.29 is 8.68 Å². The number of hydrogen-bond acceptors (Lipinski definition) is 2. The summed E-state index contributed by atoms with van der Waals surface area (Å²) in [5.74, 6) is 0.946. The summed E-state index contributed by atoms with van der Waals surface area (Å²) in [5, 5.41) is 0. The first-order valence-electron chi connectivity index (χ1n) is 12.9. The SMILES string of the molecule is [2H]C([2H])([2H])c1c[n+](C)c(N2B(c3c(C)cccc3C)N(c3ccccc3)c3cccc(C)c32)cc1C. The largest absolute Gasteiger partial charge is 0.542 e. The highest BCUT2D eigenvalue weighted by atomic mass is 15.3. The predicted molar refractivity (Wildman–Crippen MR) is 140 cm³/mol. The summed E-state index contributed by atoms with van der Waals surface area (Å²) in [6, 6.07) is 25.4. The highest BCUT2D eigenvalue weighted by Gasteiger charge is 2.52. The second kappa shape index (κ2) is 8.11. The van der Waals surface area contributed by atoms with Gasteiger partial charge >= 0.3 is 6.98 Å². The lowest BCUT2D eigenvalue weighted by atomic mass is 9.61.